The van der Waals surface area contributed by atoms with Crippen LogP contribution in [0.5, 0.6) is 0 Å². The number of hydrogen-bond donors (Lipinski definition) is 2. The van der Waals surface area contributed by atoms with Crippen LogP contribution in [0.15, 0.2) is 0 Å². The van der Waals surface area contributed by atoms with Gasteiger partial charge in [0.05, 0.1) is 0 Å². The van der Waals surface area contributed by atoms with Crippen LogP contribution in [-0.2, 0) is 38.5 Å². The van der Waals surface area contributed by atoms with Crippen molar-refractivity contribution in [3.8, 4) is 0 Å². The molecule has 0 spiro atoms. The van der Waals surface area contributed by atoms with Gasteiger partial charge in [0.25, 0.3) is 0 Å². The maximum Gasteiger partial charge on any atom is 2.00 e. The van der Waals surface area contributed by atoms with Crippen molar-refractivity contribution in [2.24, 2.45) is 0 Å². The fourth-order valence-corrected chi connectivity index (χ4v) is 2.20. The third-order valence-corrected chi connectivity index (χ3v) is 3.05. The van der Waals surface area contributed by atoms with Gasteiger partial charge in [-0.1, -0.05) is 7.26 Å². The first-order valence-electron chi connectivity index (χ1n) is 2.03. The Hall–Kier alpha value is 1.22. The molecule has 0 rings (SSSR count). The summed E-state index contributed by atoms with van der Waals surface area (Å²) in [5.41, 5.74) is 0. The molecule has 0 fully saturated rings. The fraction of sp³-hybridized carbons (Fsp3) is 0. The zero-order valence-electron chi connectivity index (χ0n) is 10.8. The van der Waals surface area contributed by atoms with E-state index in [0.29, 0.717) is 0 Å². The molecule has 10 nitrogen and oxygen atoms in total. The van der Waals surface area contributed by atoms with E-state index in [1.807, 2.05) is 0 Å². The van der Waals surface area contributed by atoms with Gasteiger partial charge in [-0.3, -0.25) is 9.11 Å². The minimum atomic E-state index is -5.57. The Morgan fingerprint density at radius 2 is 0.933 bits per heavy atom. The second-order valence-electron chi connectivity index (χ2n) is 1.40. The van der Waals surface area contributed by atoms with Gasteiger partial charge in [-0.05, 0) is 0 Å². The van der Waals surface area contributed by atoms with Gasteiger partial charge < -0.3 is 5.71 Å². The largest absolute Gasteiger partial charge is 2.00 e. The molecule has 15 heteroatoms. The summed E-state index contributed by atoms with van der Waals surface area (Å²) in [5, 5.41) is 0. The quantitative estimate of drug-likeness (QED) is 0.421. The zero-order chi connectivity index (χ0) is 10.9. The zero-order valence-corrected chi connectivity index (χ0v) is 12.1. The van der Waals surface area contributed by atoms with Gasteiger partial charge in [0.1, 0.15) is 0 Å². The third-order valence-electron chi connectivity index (χ3n) is 0.339. The Morgan fingerprint density at radius 3 is 1.07 bits per heavy atom. The minimum Gasteiger partial charge on any atom is -1.00 e. The van der Waals surface area contributed by atoms with Crippen molar-refractivity contribution >= 4 is 77.3 Å². The van der Waals surface area contributed by atoms with Crippen molar-refractivity contribution < 1.29 is 47.3 Å². The van der Waals surface area contributed by atoms with E-state index in [2.05, 4.69) is 7.26 Å². The molecular formula is H6Mg2O10S3. The van der Waals surface area contributed by atoms with E-state index in [0.717, 1.165) is 0 Å². The third kappa shape index (κ3) is 15.2. The average Bonchev–Trinajstić information content (AvgIpc) is 1.43. The van der Waals surface area contributed by atoms with Crippen LogP contribution in [0.1, 0.15) is 5.71 Å². The van der Waals surface area contributed by atoms with Crippen molar-refractivity contribution in [1.82, 2.24) is 0 Å². The smallest absolute Gasteiger partial charge is 1.00 e. The average molecular weight is 311 g/mol. The molecule has 0 unspecified atom stereocenters. The van der Waals surface area contributed by atoms with Gasteiger partial charge in [0.2, 0.25) is 0 Å². The Morgan fingerprint density at radius 1 is 0.733 bits per heavy atom. The SMILES string of the molecule is O=S(=O)(O)OS(=O)(=O)OS(=O)(=O)O.[H-].[H-].[H-].[H-].[Mg+2].[Mg+2]. The van der Waals surface area contributed by atoms with Gasteiger partial charge >= 0.3 is 77.3 Å². The van der Waals surface area contributed by atoms with Gasteiger partial charge in [0.15, 0.2) is 0 Å². The van der Waals surface area contributed by atoms with Gasteiger partial charge in [-0.2, -0.15) is 25.3 Å². The van der Waals surface area contributed by atoms with Gasteiger partial charge in [-0.15, -0.1) is 0 Å². The number of hydrogen-bond acceptors (Lipinski definition) is 8. The summed E-state index contributed by atoms with van der Waals surface area (Å²) < 4.78 is 80.2. The summed E-state index contributed by atoms with van der Waals surface area (Å²) in [7, 11) is -16.5. The van der Waals surface area contributed by atoms with E-state index in [4.69, 9.17) is 9.11 Å². The Balaban J connectivity index is -0.0000000480. The molecule has 0 amide bonds. The molecule has 0 aliphatic rings. The second-order valence-corrected chi connectivity index (χ2v) is 5.02. The van der Waals surface area contributed by atoms with E-state index >= 15 is 0 Å². The first kappa shape index (κ1) is 21.5. The normalized spacial score (nSPS) is 12.4. The molecule has 2 N–H and O–H groups in total. The predicted octanol–water partition coefficient (Wildman–Crippen LogP) is -2.44. The van der Waals surface area contributed by atoms with Gasteiger partial charge in [0, 0.05) is 0 Å². The molecule has 0 bridgehead atoms. The molecule has 0 saturated heterocycles. The molecule has 0 aromatic heterocycles. The summed E-state index contributed by atoms with van der Waals surface area (Å²) in [4.78, 5) is 0. The summed E-state index contributed by atoms with van der Waals surface area (Å²) in [6.07, 6.45) is 0. The van der Waals surface area contributed by atoms with Crippen LogP contribution in [0.3, 0.4) is 0 Å². The summed E-state index contributed by atoms with van der Waals surface area (Å²) in [5.74, 6) is 0. The molecule has 0 aromatic rings. The van der Waals surface area contributed by atoms with Crippen molar-refractivity contribution in [1.29, 1.82) is 0 Å². The van der Waals surface area contributed by atoms with Crippen molar-refractivity contribution in [2.45, 2.75) is 0 Å². The summed E-state index contributed by atoms with van der Waals surface area (Å²) in [6, 6.07) is 0. The molecule has 0 atom stereocenters. The van der Waals surface area contributed by atoms with E-state index in [-0.39, 0.29) is 51.8 Å². The minimum absolute atomic E-state index is 0. The molecular weight excluding hydrogens is 305 g/mol. The van der Waals surface area contributed by atoms with Crippen LogP contribution < -0.4 is 0 Å². The Bertz CT molecular complexity index is 437. The van der Waals surface area contributed by atoms with Crippen LogP contribution in [0.4, 0.5) is 0 Å². The molecule has 0 aromatic carbocycles. The van der Waals surface area contributed by atoms with Crippen LogP contribution in [0.25, 0.3) is 0 Å². The summed E-state index contributed by atoms with van der Waals surface area (Å²) >= 11 is 0. The molecule has 15 heavy (non-hydrogen) atoms. The molecule has 0 radical (unpaired) electrons. The van der Waals surface area contributed by atoms with Crippen molar-refractivity contribution in [3.05, 3.63) is 0 Å². The maximum absolute atomic E-state index is 10.1. The van der Waals surface area contributed by atoms with E-state index in [1.54, 1.807) is 0 Å². The predicted molar refractivity (Wildman–Crippen MR) is 50.1 cm³/mol. The van der Waals surface area contributed by atoms with Crippen LogP contribution in [-0.4, -0.2) is 80.5 Å². The Labute approximate surface area is 124 Å². The van der Waals surface area contributed by atoms with E-state index in [9.17, 15) is 25.3 Å². The van der Waals surface area contributed by atoms with Crippen LogP contribution in [0.2, 0.25) is 0 Å². The molecule has 0 aliphatic heterocycles. The van der Waals surface area contributed by atoms with E-state index < -0.39 is 31.2 Å². The second kappa shape index (κ2) is 6.84. The monoisotopic (exact) mass is 310 g/mol. The van der Waals surface area contributed by atoms with Gasteiger partial charge in [-0.25, -0.2) is 0 Å². The molecule has 88 valence electrons. The molecule has 0 heterocycles. The molecule has 0 aliphatic carbocycles. The van der Waals surface area contributed by atoms with Crippen molar-refractivity contribution in [3.63, 3.8) is 0 Å². The maximum atomic E-state index is 10.1. The molecule has 0 saturated carbocycles. The standard InChI is InChI=1S/2Mg.H2O10S3.4H/c;;1-11(2,3)9-13(7,8)10-12(4,5)6;;;;/h;;(H,1,2,3)(H,4,5,6);;;;/q2*+2;;4*-1. The summed E-state index contributed by atoms with van der Waals surface area (Å²) in [6.45, 7) is 0. The van der Waals surface area contributed by atoms with Crippen LogP contribution >= 0.6 is 0 Å². The van der Waals surface area contributed by atoms with Crippen molar-refractivity contribution in [2.75, 3.05) is 0 Å². The van der Waals surface area contributed by atoms with Crippen LogP contribution in [0, 0.1) is 0 Å². The number of rotatable bonds is 4. The fourth-order valence-electron chi connectivity index (χ4n) is 0.222. The first-order chi connectivity index (χ1) is 5.41. The first-order valence-corrected chi connectivity index (χ1v) is 6.10. The Kier molecular flexibility index (Phi) is 9.80. The topological polar surface area (TPSA) is 161 Å². The van der Waals surface area contributed by atoms with E-state index in [1.165, 1.54) is 0 Å².